The zero-order chi connectivity index (χ0) is 13.1. The lowest BCUT2D eigenvalue weighted by atomic mass is 10.0. The molecular formula is C15H11N3O. The van der Waals surface area contributed by atoms with E-state index >= 15 is 0 Å². The predicted molar refractivity (Wildman–Crippen MR) is 73.5 cm³/mol. The van der Waals surface area contributed by atoms with E-state index in [9.17, 15) is 4.79 Å². The molecule has 1 N–H and O–H groups in total. The molecule has 0 aliphatic heterocycles. The topological polar surface area (TPSA) is 58.6 Å². The van der Waals surface area contributed by atoms with Gasteiger partial charge in [0.1, 0.15) is 5.69 Å². The summed E-state index contributed by atoms with van der Waals surface area (Å²) in [6.45, 7) is 0. The molecule has 19 heavy (non-hydrogen) atoms. The third-order valence-electron chi connectivity index (χ3n) is 2.88. The molecule has 0 radical (unpaired) electrons. The largest absolute Gasteiger partial charge is 0.275 e. The summed E-state index contributed by atoms with van der Waals surface area (Å²) in [5.41, 5.74) is 2.61. The maximum atomic E-state index is 12.1. The van der Waals surface area contributed by atoms with E-state index < -0.39 is 0 Å². The highest BCUT2D eigenvalue weighted by Crippen LogP contribution is 2.25. The molecule has 0 atom stereocenters. The molecule has 4 nitrogen and oxygen atoms in total. The highest BCUT2D eigenvalue weighted by atomic mass is 16.1. The van der Waals surface area contributed by atoms with Crippen LogP contribution in [0.4, 0.5) is 0 Å². The molecule has 0 aliphatic rings. The minimum atomic E-state index is -0.236. The van der Waals surface area contributed by atoms with Crippen LogP contribution in [0.5, 0.6) is 0 Å². The fourth-order valence-electron chi connectivity index (χ4n) is 2.00. The lowest BCUT2D eigenvalue weighted by Crippen LogP contribution is -2.14. The van der Waals surface area contributed by atoms with Gasteiger partial charge in [-0.05, 0) is 5.56 Å². The molecule has 0 saturated heterocycles. The van der Waals surface area contributed by atoms with E-state index in [0.717, 1.165) is 11.1 Å². The standard InChI is InChI=1S/C15H11N3O/c19-15-13(11-7-3-1-4-8-11)14(16-18-17-15)12-9-5-2-6-10-12/h1-10H,(H,16,17,19). The number of aromatic amines is 1. The van der Waals surface area contributed by atoms with Crippen LogP contribution >= 0.6 is 0 Å². The Morgan fingerprint density at radius 3 is 2.00 bits per heavy atom. The number of hydrogen-bond acceptors (Lipinski definition) is 3. The summed E-state index contributed by atoms with van der Waals surface area (Å²) in [5.74, 6) is 0. The average molecular weight is 249 g/mol. The fraction of sp³-hybridized carbons (Fsp3) is 0. The average Bonchev–Trinajstić information content (AvgIpc) is 2.49. The second-order valence-corrected chi connectivity index (χ2v) is 4.10. The Morgan fingerprint density at radius 2 is 1.37 bits per heavy atom. The lowest BCUT2D eigenvalue weighted by Gasteiger charge is -2.06. The Hall–Kier alpha value is -2.75. The third kappa shape index (κ3) is 2.15. The molecular weight excluding hydrogens is 238 g/mol. The van der Waals surface area contributed by atoms with Gasteiger partial charge < -0.3 is 0 Å². The van der Waals surface area contributed by atoms with Gasteiger partial charge in [-0.3, -0.25) is 4.79 Å². The zero-order valence-electron chi connectivity index (χ0n) is 10.1. The number of nitrogens with zero attached hydrogens (tertiary/aromatic N) is 2. The van der Waals surface area contributed by atoms with E-state index in [1.165, 1.54) is 0 Å². The molecule has 92 valence electrons. The van der Waals surface area contributed by atoms with Gasteiger partial charge >= 0.3 is 0 Å². The van der Waals surface area contributed by atoms with Crippen LogP contribution in [0.2, 0.25) is 0 Å². The second kappa shape index (κ2) is 4.86. The van der Waals surface area contributed by atoms with Gasteiger partial charge in [0.05, 0.1) is 5.56 Å². The summed E-state index contributed by atoms with van der Waals surface area (Å²) in [7, 11) is 0. The molecule has 0 bridgehead atoms. The SMILES string of the molecule is O=c1[nH]nnc(-c2ccccc2)c1-c1ccccc1. The quantitative estimate of drug-likeness (QED) is 0.759. The van der Waals surface area contributed by atoms with Gasteiger partial charge in [-0.15, -0.1) is 5.10 Å². The van der Waals surface area contributed by atoms with E-state index in [1.54, 1.807) is 0 Å². The van der Waals surface area contributed by atoms with Gasteiger partial charge in [0.2, 0.25) is 0 Å². The smallest absolute Gasteiger partial charge is 0.267 e. The van der Waals surface area contributed by atoms with Crippen molar-refractivity contribution in [3.63, 3.8) is 0 Å². The van der Waals surface area contributed by atoms with Crippen LogP contribution in [0.1, 0.15) is 0 Å². The van der Waals surface area contributed by atoms with Crippen LogP contribution in [0.25, 0.3) is 22.4 Å². The van der Waals surface area contributed by atoms with Crippen LogP contribution in [0.15, 0.2) is 65.5 Å². The maximum absolute atomic E-state index is 12.1. The molecule has 1 aromatic heterocycles. The highest BCUT2D eigenvalue weighted by molar-refractivity contribution is 5.79. The minimum Gasteiger partial charge on any atom is -0.267 e. The number of aromatic nitrogens is 3. The monoisotopic (exact) mass is 249 g/mol. The van der Waals surface area contributed by atoms with Crippen molar-refractivity contribution in [3.05, 3.63) is 71.0 Å². The van der Waals surface area contributed by atoms with E-state index in [4.69, 9.17) is 0 Å². The van der Waals surface area contributed by atoms with Gasteiger partial charge in [0.15, 0.2) is 0 Å². The normalized spacial score (nSPS) is 10.3. The molecule has 0 amide bonds. The number of benzene rings is 2. The Morgan fingerprint density at radius 1 is 0.789 bits per heavy atom. The van der Waals surface area contributed by atoms with Crippen molar-refractivity contribution in [2.75, 3.05) is 0 Å². The van der Waals surface area contributed by atoms with Crippen molar-refractivity contribution >= 4 is 0 Å². The van der Waals surface area contributed by atoms with Gasteiger partial charge in [0.25, 0.3) is 5.56 Å². The van der Waals surface area contributed by atoms with Crippen LogP contribution in [0, 0.1) is 0 Å². The van der Waals surface area contributed by atoms with E-state index in [1.807, 2.05) is 60.7 Å². The molecule has 0 spiro atoms. The summed E-state index contributed by atoms with van der Waals surface area (Å²) in [6, 6.07) is 19.0. The molecule has 0 fully saturated rings. The molecule has 0 aliphatic carbocycles. The zero-order valence-corrected chi connectivity index (χ0v) is 10.1. The van der Waals surface area contributed by atoms with E-state index in [-0.39, 0.29) is 5.56 Å². The van der Waals surface area contributed by atoms with Gasteiger partial charge in [-0.1, -0.05) is 65.9 Å². The molecule has 4 heteroatoms. The van der Waals surface area contributed by atoms with Gasteiger partial charge in [-0.25, -0.2) is 5.10 Å². The summed E-state index contributed by atoms with van der Waals surface area (Å²) in [5, 5.41) is 10.1. The fourth-order valence-corrected chi connectivity index (χ4v) is 2.00. The Bertz CT molecular complexity index is 736. The number of hydrogen-bond donors (Lipinski definition) is 1. The Balaban J connectivity index is 2.28. The van der Waals surface area contributed by atoms with Crippen LogP contribution < -0.4 is 5.56 Å². The number of nitrogens with one attached hydrogen (secondary N) is 1. The lowest BCUT2D eigenvalue weighted by molar-refractivity contribution is 0.849. The minimum absolute atomic E-state index is 0.236. The van der Waals surface area contributed by atoms with Crippen molar-refractivity contribution < 1.29 is 0 Å². The first-order chi connectivity index (χ1) is 9.36. The maximum Gasteiger partial charge on any atom is 0.275 e. The summed E-state index contributed by atoms with van der Waals surface area (Å²) in [6.07, 6.45) is 0. The number of rotatable bonds is 2. The first-order valence-electron chi connectivity index (χ1n) is 5.92. The van der Waals surface area contributed by atoms with Gasteiger partial charge in [0, 0.05) is 5.56 Å². The highest BCUT2D eigenvalue weighted by Gasteiger charge is 2.13. The Kier molecular flexibility index (Phi) is 2.90. The second-order valence-electron chi connectivity index (χ2n) is 4.10. The van der Waals surface area contributed by atoms with E-state index in [0.29, 0.717) is 11.3 Å². The summed E-state index contributed by atoms with van der Waals surface area (Å²) in [4.78, 5) is 12.1. The summed E-state index contributed by atoms with van der Waals surface area (Å²) >= 11 is 0. The van der Waals surface area contributed by atoms with Crippen molar-refractivity contribution in [2.45, 2.75) is 0 Å². The molecule has 2 aromatic carbocycles. The molecule has 3 aromatic rings. The summed E-state index contributed by atoms with van der Waals surface area (Å²) < 4.78 is 0. The molecule has 0 unspecified atom stereocenters. The van der Waals surface area contributed by atoms with Gasteiger partial charge in [-0.2, -0.15) is 0 Å². The number of H-pyrrole nitrogens is 1. The Labute approximate surface area is 109 Å². The van der Waals surface area contributed by atoms with Crippen molar-refractivity contribution in [3.8, 4) is 22.4 Å². The van der Waals surface area contributed by atoms with Crippen LogP contribution in [-0.4, -0.2) is 15.4 Å². The van der Waals surface area contributed by atoms with Crippen LogP contribution in [0.3, 0.4) is 0 Å². The van der Waals surface area contributed by atoms with Crippen molar-refractivity contribution in [2.24, 2.45) is 0 Å². The van der Waals surface area contributed by atoms with Crippen LogP contribution in [-0.2, 0) is 0 Å². The van der Waals surface area contributed by atoms with E-state index in [2.05, 4.69) is 15.4 Å². The first kappa shape index (κ1) is 11.3. The molecule has 3 rings (SSSR count). The van der Waals surface area contributed by atoms with Crippen molar-refractivity contribution in [1.29, 1.82) is 0 Å². The van der Waals surface area contributed by atoms with Crippen molar-refractivity contribution in [1.82, 2.24) is 15.4 Å². The third-order valence-corrected chi connectivity index (χ3v) is 2.88. The predicted octanol–water partition coefficient (Wildman–Crippen LogP) is 2.50. The first-order valence-corrected chi connectivity index (χ1v) is 5.92. The molecule has 0 saturated carbocycles. The molecule has 1 heterocycles.